The molecule has 0 aliphatic rings. The van der Waals surface area contributed by atoms with Crippen molar-refractivity contribution in [2.75, 3.05) is 0 Å². The van der Waals surface area contributed by atoms with Gasteiger partial charge in [0, 0.05) is 36.2 Å². The highest BCUT2D eigenvalue weighted by Gasteiger charge is 2.12. The van der Waals surface area contributed by atoms with E-state index in [1.165, 1.54) is 11.3 Å². The van der Waals surface area contributed by atoms with Gasteiger partial charge in [0.05, 0.1) is 16.0 Å². The normalized spacial score (nSPS) is 11.1. The number of nitrogens with zero attached hydrogens (tertiary/aromatic N) is 3. The Kier molecular flexibility index (Phi) is 6.08. The molecule has 0 fully saturated rings. The second kappa shape index (κ2) is 9.08. The van der Waals surface area contributed by atoms with Gasteiger partial charge in [0.1, 0.15) is 17.3 Å². The summed E-state index contributed by atoms with van der Waals surface area (Å²) >= 11 is 1.42. The Labute approximate surface area is 175 Å². The molecule has 30 heavy (non-hydrogen) atoms. The number of nitrogens with one attached hydrogen (secondary N) is 2. The van der Waals surface area contributed by atoms with Crippen molar-refractivity contribution in [3.63, 3.8) is 0 Å². The number of halogens is 2. The number of imidazole rings is 1. The van der Waals surface area contributed by atoms with E-state index in [2.05, 4.69) is 25.3 Å². The summed E-state index contributed by atoms with van der Waals surface area (Å²) in [6.45, 7) is -0.0810. The van der Waals surface area contributed by atoms with Crippen LogP contribution >= 0.6 is 11.3 Å². The van der Waals surface area contributed by atoms with Gasteiger partial charge in [-0.15, -0.1) is 11.3 Å². The predicted molar refractivity (Wildman–Crippen MR) is 110 cm³/mol. The van der Waals surface area contributed by atoms with Gasteiger partial charge in [0.25, 0.3) is 5.91 Å². The first-order valence-corrected chi connectivity index (χ1v) is 10.4. The van der Waals surface area contributed by atoms with Gasteiger partial charge in [-0.25, -0.2) is 19.3 Å². The van der Waals surface area contributed by atoms with Gasteiger partial charge in [-0.05, 0) is 31.4 Å². The highest BCUT2D eigenvalue weighted by atomic mass is 32.1. The zero-order valence-electron chi connectivity index (χ0n) is 16.0. The molecule has 6 nitrogen and oxygen atoms in total. The summed E-state index contributed by atoms with van der Waals surface area (Å²) in [4.78, 5) is 27.8. The summed E-state index contributed by atoms with van der Waals surface area (Å²) in [6.07, 6.45) is 4.58. The van der Waals surface area contributed by atoms with Crippen LogP contribution in [0.4, 0.5) is 8.78 Å². The van der Waals surface area contributed by atoms with E-state index in [-0.39, 0.29) is 12.1 Å². The third kappa shape index (κ3) is 4.85. The number of carbonyl (C=O) groups excluding carboxylic acids is 1. The van der Waals surface area contributed by atoms with Gasteiger partial charge in [-0.2, -0.15) is 4.39 Å². The average Bonchev–Trinajstić information content (AvgIpc) is 3.37. The van der Waals surface area contributed by atoms with E-state index in [4.69, 9.17) is 0 Å². The molecule has 154 valence electrons. The summed E-state index contributed by atoms with van der Waals surface area (Å²) < 4.78 is 26.4. The molecule has 0 saturated carbocycles. The molecule has 0 radical (unpaired) electrons. The third-order valence-electron chi connectivity index (χ3n) is 4.61. The van der Waals surface area contributed by atoms with E-state index in [1.807, 2.05) is 24.3 Å². The average molecular weight is 427 g/mol. The second-order valence-electron chi connectivity index (χ2n) is 6.82. The number of thiazole rings is 1. The molecule has 0 atom stereocenters. The molecule has 9 heteroatoms. The highest BCUT2D eigenvalue weighted by molar-refractivity contribution is 7.09. The summed E-state index contributed by atoms with van der Waals surface area (Å²) in [5, 5.41) is 5.14. The fourth-order valence-electron chi connectivity index (χ4n) is 3.05. The fraction of sp³-hybridized carbons (Fsp3) is 0.238. The molecule has 4 rings (SSSR count). The first-order valence-electron chi connectivity index (χ1n) is 9.54. The second-order valence-corrected chi connectivity index (χ2v) is 7.76. The third-order valence-corrected chi connectivity index (χ3v) is 5.52. The number of aromatic amines is 1. The number of hydrogen-bond acceptors (Lipinski definition) is 5. The Morgan fingerprint density at radius 1 is 1.13 bits per heavy atom. The van der Waals surface area contributed by atoms with Crippen LogP contribution < -0.4 is 5.32 Å². The number of benzene rings is 1. The number of hydrogen-bond donors (Lipinski definition) is 2. The molecule has 0 spiro atoms. The van der Waals surface area contributed by atoms with Crippen LogP contribution in [0, 0.1) is 11.8 Å². The maximum Gasteiger partial charge on any atom is 0.271 e. The van der Waals surface area contributed by atoms with Crippen molar-refractivity contribution in [1.82, 2.24) is 25.3 Å². The van der Waals surface area contributed by atoms with E-state index >= 15 is 0 Å². The van der Waals surface area contributed by atoms with Crippen LogP contribution in [0.5, 0.6) is 0 Å². The maximum absolute atomic E-state index is 13.6. The number of rotatable bonds is 8. The maximum atomic E-state index is 13.6. The van der Waals surface area contributed by atoms with E-state index in [1.54, 1.807) is 5.38 Å². The SMILES string of the molecule is O=C(NCc1cnc(F)cc1F)c1csc(CCCCc2nc3ccccc3[nH]2)n1. The molecular formula is C21H19F2N5OS. The molecule has 0 bridgehead atoms. The summed E-state index contributed by atoms with van der Waals surface area (Å²) in [6, 6.07) is 8.63. The minimum atomic E-state index is -0.896. The molecule has 2 N–H and O–H groups in total. The van der Waals surface area contributed by atoms with Crippen LogP contribution in [0.25, 0.3) is 11.0 Å². The minimum Gasteiger partial charge on any atom is -0.346 e. The number of aryl methyl sites for hydroxylation is 2. The molecule has 1 aromatic carbocycles. The van der Waals surface area contributed by atoms with Gasteiger partial charge < -0.3 is 10.3 Å². The molecule has 0 saturated heterocycles. The van der Waals surface area contributed by atoms with Crippen LogP contribution in [-0.4, -0.2) is 25.8 Å². The first-order chi connectivity index (χ1) is 14.6. The number of carbonyl (C=O) groups is 1. The van der Waals surface area contributed by atoms with Crippen molar-refractivity contribution in [2.24, 2.45) is 0 Å². The molecule has 0 aliphatic heterocycles. The number of pyridine rings is 1. The van der Waals surface area contributed by atoms with E-state index in [9.17, 15) is 13.6 Å². The van der Waals surface area contributed by atoms with Crippen LogP contribution in [0.15, 0.2) is 41.9 Å². The lowest BCUT2D eigenvalue weighted by molar-refractivity contribution is 0.0946. The van der Waals surface area contributed by atoms with Gasteiger partial charge in [-0.1, -0.05) is 12.1 Å². The minimum absolute atomic E-state index is 0.0810. The van der Waals surface area contributed by atoms with E-state index in [0.29, 0.717) is 11.8 Å². The van der Waals surface area contributed by atoms with Crippen molar-refractivity contribution >= 4 is 28.3 Å². The van der Waals surface area contributed by atoms with Crippen LogP contribution in [0.3, 0.4) is 0 Å². The number of fused-ring (bicyclic) bond motifs is 1. The number of amides is 1. The van der Waals surface area contributed by atoms with Gasteiger partial charge in [0.2, 0.25) is 5.95 Å². The van der Waals surface area contributed by atoms with Gasteiger partial charge in [0.15, 0.2) is 0 Å². The topological polar surface area (TPSA) is 83.6 Å². The summed E-state index contributed by atoms with van der Waals surface area (Å²) in [5.41, 5.74) is 2.42. The van der Waals surface area contributed by atoms with Gasteiger partial charge in [-0.3, -0.25) is 4.79 Å². The van der Waals surface area contributed by atoms with Crippen molar-refractivity contribution in [1.29, 1.82) is 0 Å². The number of para-hydroxylation sites is 2. The molecule has 1 amide bonds. The lowest BCUT2D eigenvalue weighted by Gasteiger charge is -2.04. The van der Waals surface area contributed by atoms with Crippen LogP contribution in [0.1, 0.15) is 39.7 Å². The number of aromatic nitrogens is 4. The van der Waals surface area contributed by atoms with E-state index < -0.39 is 17.7 Å². The Hall–Kier alpha value is -3.20. The Bertz CT molecular complexity index is 1140. The predicted octanol–water partition coefficient (Wildman–Crippen LogP) is 4.19. The molecule has 0 unspecified atom stereocenters. The molecule has 4 aromatic rings. The first kappa shape index (κ1) is 20.1. The zero-order valence-corrected chi connectivity index (χ0v) is 16.8. The number of H-pyrrole nitrogens is 1. The van der Waals surface area contributed by atoms with E-state index in [0.717, 1.165) is 53.7 Å². The number of unbranched alkanes of at least 4 members (excludes halogenated alkanes) is 1. The lowest BCUT2D eigenvalue weighted by Crippen LogP contribution is -2.23. The standard InChI is InChI=1S/C21H19F2N5OS/c22-14-9-18(23)24-10-13(14)11-25-21(29)17-12-30-20(28-17)8-4-3-7-19-26-15-5-1-2-6-16(15)27-19/h1-2,5-6,9-10,12H,3-4,7-8,11H2,(H,25,29)(H,26,27). The van der Waals surface area contributed by atoms with Crippen molar-refractivity contribution in [3.8, 4) is 0 Å². The molecular weight excluding hydrogens is 408 g/mol. The fourth-order valence-corrected chi connectivity index (χ4v) is 3.88. The van der Waals surface area contributed by atoms with Crippen molar-refractivity contribution in [3.05, 3.63) is 75.8 Å². The lowest BCUT2D eigenvalue weighted by atomic mass is 10.2. The molecule has 0 aliphatic carbocycles. The Morgan fingerprint density at radius 2 is 1.97 bits per heavy atom. The smallest absolute Gasteiger partial charge is 0.271 e. The monoisotopic (exact) mass is 427 g/mol. The zero-order chi connectivity index (χ0) is 20.9. The summed E-state index contributed by atoms with van der Waals surface area (Å²) in [5.74, 6) is -1.07. The van der Waals surface area contributed by atoms with Crippen LogP contribution in [0.2, 0.25) is 0 Å². The summed E-state index contributed by atoms with van der Waals surface area (Å²) in [7, 11) is 0. The van der Waals surface area contributed by atoms with Crippen LogP contribution in [-0.2, 0) is 19.4 Å². The quantitative estimate of drug-likeness (QED) is 0.326. The molecule has 3 aromatic heterocycles. The highest BCUT2D eigenvalue weighted by Crippen LogP contribution is 2.16. The Morgan fingerprint density at radius 3 is 2.80 bits per heavy atom. The van der Waals surface area contributed by atoms with Gasteiger partial charge >= 0.3 is 0 Å². The van der Waals surface area contributed by atoms with Crippen molar-refractivity contribution < 1.29 is 13.6 Å². The Balaban J connectivity index is 1.23. The largest absolute Gasteiger partial charge is 0.346 e. The molecule has 3 heterocycles. The van der Waals surface area contributed by atoms with Crippen molar-refractivity contribution in [2.45, 2.75) is 32.2 Å².